The summed E-state index contributed by atoms with van der Waals surface area (Å²) in [4.78, 5) is 46.4. The van der Waals surface area contributed by atoms with Crippen molar-refractivity contribution in [3.63, 3.8) is 0 Å². The molecule has 0 aliphatic carbocycles. The van der Waals surface area contributed by atoms with E-state index < -0.39 is 68.3 Å². The molecule has 1 aliphatic heterocycles. The van der Waals surface area contributed by atoms with Gasteiger partial charge in [0.05, 0.1) is 30.5 Å². The highest BCUT2D eigenvalue weighted by Crippen LogP contribution is 2.57. The first-order valence-electron chi connectivity index (χ1n) is 11.6. The number of hydrogen-bond donors (Lipinski definition) is 4. The molecule has 2 heterocycles. The highest BCUT2D eigenvalue weighted by molar-refractivity contribution is 7.54. The normalized spacial score (nSPS) is 24.6. The van der Waals surface area contributed by atoms with Gasteiger partial charge in [-0.3, -0.25) is 28.0 Å². The molecule has 1 aliphatic rings. The fraction of sp³-hybridized carbons (Fsp3) is 0.810. The van der Waals surface area contributed by atoms with Gasteiger partial charge in [0.2, 0.25) is 0 Å². The van der Waals surface area contributed by atoms with Crippen molar-refractivity contribution in [1.82, 2.24) is 9.55 Å². The Morgan fingerprint density at radius 3 is 2.27 bits per heavy atom. The second kappa shape index (κ2) is 11.1. The summed E-state index contributed by atoms with van der Waals surface area (Å²) in [5.41, 5.74) is -3.33. The van der Waals surface area contributed by atoms with E-state index in [-0.39, 0.29) is 18.6 Å². The van der Waals surface area contributed by atoms with Crippen molar-refractivity contribution >= 4 is 15.4 Å². The second-order valence-corrected chi connectivity index (χ2v) is 14.7. The number of aromatic amines is 1. The topological polar surface area (TPSA) is 196 Å². The summed E-state index contributed by atoms with van der Waals surface area (Å²) in [7, 11) is -8.97. The van der Waals surface area contributed by atoms with E-state index in [4.69, 9.17) is 23.0 Å². The molecule has 16 heteroatoms. The molecular weight excluding hydrogens is 534 g/mol. The molecule has 0 bridgehead atoms. The zero-order valence-corrected chi connectivity index (χ0v) is 24.1. The average molecular weight is 572 g/mol. The number of hydrogen-bond acceptors (Lipinski definition) is 10. The number of nitrogens with zero attached hydrogens (tertiary/aromatic N) is 1. The van der Waals surface area contributed by atoms with Crippen LogP contribution in [0.5, 0.6) is 0 Å². The van der Waals surface area contributed by atoms with Gasteiger partial charge in [0.25, 0.3) is 5.56 Å². The standard InChI is InChI=1S/C21H38N2O12P2/c1-13-10-23(18(26)22-17(13)25)16-9-14(24)15(33-16)11-32-36(27,28)21(7,8)31-12-20(5,6)35-37(29,30)34-19(2,3)4/h10,14-16,24H,9,11-12H2,1-8H3,(H,27,28)(H,29,30)(H,22,25,26). The van der Waals surface area contributed by atoms with Crippen molar-refractivity contribution in [2.75, 3.05) is 13.2 Å². The molecule has 2 rings (SSSR count). The third-order valence-electron chi connectivity index (χ3n) is 5.28. The van der Waals surface area contributed by atoms with Gasteiger partial charge in [-0.2, -0.15) is 0 Å². The number of aliphatic hydroxyl groups excluding tert-OH is 1. The zero-order valence-electron chi connectivity index (χ0n) is 22.3. The van der Waals surface area contributed by atoms with E-state index in [1.807, 2.05) is 0 Å². The van der Waals surface area contributed by atoms with Crippen molar-refractivity contribution in [3.05, 3.63) is 32.6 Å². The van der Waals surface area contributed by atoms with Crippen LogP contribution in [-0.4, -0.2) is 66.4 Å². The molecule has 1 saturated heterocycles. The highest BCUT2D eigenvalue weighted by Gasteiger charge is 2.46. The molecule has 5 atom stereocenters. The van der Waals surface area contributed by atoms with E-state index in [1.165, 1.54) is 40.8 Å². The Bertz CT molecular complexity index is 1170. The van der Waals surface area contributed by atoms with Crippen LogP contribution in [-0.2, 0) is 32.2 Å². The quantitative estimate of drug-likeness (QED) is 0.283. The molecule has 37 heavy (non-hydrogen) atoms. The van der Waals surface area contributed by atoms with Crippen LogP contribution in [0.1, 0.15) is 66.7 Å². The fourth-order valence-corrected chi connectivity index (χ4v) is 5.60. The Labute approximate surface area is 215 Å². The number of nitrogens with one attached hydrogen (secondary N) is 1. The lowest BCUT2D eigenvalue weighted by atomic mass is 10.2. The minimum atomic E-state index is -4.51. The minimum Gasteiger partial charge on any atom is -0.390 e. The summed E-state index contributed by atoms with van der Waals surface area (Å²) in [6, 6.07) is 0. The van der Waals surface area contributed by atoms with Gasteiger partial charge in [-0.15, -0.1) is 0 Å². The van der Waals surface area contributed by atoms with Crippen molar-refractivity contribution in [1.29, 1.82) is 0 Å². The van der Waals surface area contributed by atoms with Gasteiger partial charge in [-0.25, -0.2) is 9.36 Å². The Morgan fingerprint density at radius 2 is 1.70 bits per heavy atom. The number of aromatic nitrogens is 2. The molecule has 5 unspecified atom stereocenters. The maximum absolute atomic E-state index is 13.0. The van der Waals surface area contributed by atoms with Crippen molar-refractivity contribution in [2.45, 2.75) is 96.8 Å². The van der Waals surface area contributed by atoms with Gasteiger partial charge in [-0.05, 0) is 55.4 Å². The summed E-state index contributed by atoms with van der Waals surface area (Å²) in [6.45, 7) is 10.9. The van der Waals surface area contributed by atoms with E-state index in [2.05, 4.69) is 4.98 Å². The Morgan fingerprint density at radius 1 is 1.11 bits per heavy atom. The molecule has 0 saturated carbocycles. The predicted molar refractivity (Wildman–Crippen MR) is 132 cm³/mol. The number of rotatable bonds is 11. The maximum atomic E-state index is 13.0. The summed E-state index contributed by atoms with van der Waals surface area (Å²) in [5.74, 6) is 0. The number of aryl methyl sites for hydroxylation is 1. The third-order valence-corrected chi connectivity index (χ3v) is 8.77. The molecular formula is C21H38N2O12P2. The van der Waals surface area contributed by atoms with E-state index in [1.54, 1.807) is 20.8 Å². The first-order chi connectivity index (χ1) is 16.5. The van der Waals surface area contributed by atoms with Crippen molar-refractivity contribution in [2.24, 2.45) is 0 Å². The molecule has 0 aromatic carbocycles. The third kappa shape index (κ3) is 8.93. The molecule has 1 fully saturated rings. The van der Waals surface area contributed by atoms with Crippen LogP contribution in [0.2, 0.25) is 0 Å². The molecule has 0 radical (unpaired) electrons. The van der Waals surface area contributed by atoms with Gasteiger partial charge < -0.3 is 28.9 Å². The summed E-state index contributed by atoms with van der Waals surface area (Å²) in [6.07, 6.45) is -1.80. The molecule has 0 amide bonds. The number of H-pyrrole nitrogens is 1. The van der Waals surface area contributed by atoms with Crippen molar-refractivity contribution < 1.29 is 47.1 Å². The van der Waals surface area contributed by atoms with Crippen LogP contribution in [0.3, 0.4) is 0 Å². The summed E-state index contributed by atoms with van der Waals surface area (Å²) >= 11 is 0. The number of ether oxygens (including phenoxy) is 2. The van der Waals surface area contributed by atoms with Gasteiger partial charge in [0, 0.05) is 18.2 Å². The van der Waals surface area contributed by atoms with Crippen LogP contribution in [0.25, 0.3) is 0 Å². The number of aliphatic hydroxyl groups is 1. The predicted octanol–water partition coefficient (Wildman–Crippen LogP) is 2.16. The average Bonchev–Trinajstić information content (AvgIpc) is 3.05. The van der Waals surface area contributed by atoms with E-state index in [9.17, 15) is 33.6 Å². The monoisotopic (exact) mass is 572 g/mol. The molecule has 0 spiro atoms. The van der Waals surface area contributed by atoms with Crippen LogP contribution >= 0.6 is 15.4 Å². The van der Waals surface area contributed by atoms with E-state index in [0.717, 1.165) is 4.57 Å². The van der Waals surface area contributed by atoms with Gasteiger partial charge in [-0.1, -0.05) is 0 Å². The fourth-order valence-electron chi connectivity index (χ4n) is 3.30. The smallest absolute Gasteiger partial charge is 0.390 e. The summed E-state index contributed by atoms with van der Waals surface area (Å²) < 4.78 is 53.1. The lowest BCUT2D eigenvalue weighted by molar-refractivity contribution is -0.0774. The molecule has 14 nitrogen and oxygen atoms in total. The van der Waals surface area contributed by atoms with Crippen LogP contribution in [0, 0.1) is 6.92 Å². The molecule has 214 valence electrons. The Hall–Kier alpha value is -1.18. The minimum absolute atomic E-state index is 0.0155. The SMILES string of the molecule is Cc1cn(C2CC(O)C(COP(=O)(O)C(C)(C)OCC(C)(C)OP(=O)(O)OC(C)(C)C)O2)c(=O)[nH]c1=O. The lowest BCUT2D eigenvalue weighted by Crippen LogP contribution is -2.37. The van der Waals surface area contributed by atoms with Crippen LogP contribution in [0.4, 0.5) is 0 Å². The Kier molecular flexibility index (Phi) is 9.64. The number of phosphoric ester groups is 1. The second-order valence-electron chi connectivity index (χ2n) is 11.0. The molecule has 1 aromatic rings. The molecule has 4 N–H and O–H groups in total. The van der Waals surface area contributed by atoms with Crippen LogP contribution in [0.15, 0.2) is 15.8 Å². The summed E-state index contributed by atoms with van der Waals surface area (Å²) in [5, 5.41) is 8.58. The van der Waals surface area contributed by atoms with Gasteiger partial charge in [0.1, 0.15) is 12.3 Å². The van der Waals surface area contributed by atoms with Crippen LogP contribution < -0.4 is 11.2 Å². The lowest BCUT2D eigenvalue weighted by Gasteiger charge is -2.35. The molecule has 1 aromatic heterocycles. The Balaban J connectivity index is 2.00. The van der Waals surface area contributed by atoms with Gasteiger partial charge >= 0.3 is 21.1 Å². The zero-order chi connectivity index (χ0) is 28.6. The van der Waals surface area contributed by atoms with Gasteiger partial charge in [0.15, 0.2) is 5.34 Å². The number of phosphoric acid groups is 1. The van der Waals surface area contributed by atoms with E-state index >= 15 is 0 Å². The first-order valence-corrected chi connectivity index (χ1v) is 14.6. The largest absolute Gasteiger partial charge is 0.473 e. The highest BCUT2D eigenvalue weighted by atomic mass is 31.2. The maximum Gasteiger partial charge on any atom is 0.473 e. The van der Waals surface area contributed by atoms with E-state index in [0.29, 0.717) is 0 Å². The van der Waals surface area contributed by atoms with Crippen molar-refractivity contribution in [3.8, 4) is 0 Å². The first kappa shape index (κ1) is 32.0.